The summed E-state index contributed by atoms with van der Waals surface area (Å²) in [4.78, 5) is 27.2. The summed E-state index contributed by atoms with van der Waals surface area (Å²) in [7, 11) is 1.56. The number of hydrogen-bond donors (Lipinski definition) is 1. The number of rotatable bonds is 11. The number of hydrogen-bond acceptors (Lipinski definition) is 5. The van der Waals surface area contributed by atoms with Gasteiger partial charge in [0.05, 0.1) is 18.2 Å². The Hall–Kier alpha value is -3.19. The fraction of sp³-hybridized carbons (Fsp3) is 0.385. The van der Waals surface area contributed by atoms with Gasteiger partial charge in [0.25, 0.3) is 11.7 Å². The molecule has 0 saturated carbocycles. The monoisotopic (exact) mass is 455 g/mol. The number of Topliss-reactive ketones (excluding diaryl/α,β-unsaturated/α-hetero) is 1. The quantitative estimate of drug-likeness (QED) is 0.227. The van der Waals surface area contributed by atoms with Gasteiger partial charge in [-0.3, -0.25) is 9.59 Å². The maximum absolute atomic E-state index is 13.5. The molecule has 1 aliphatic heterocycles. The maximum Gasteiger partial charge on any atom is 0.295 e. The predicted molar refractivity (Wildman–Crippen MR) is 123 cm³/mol. The number of benzene rings is 2. The second kappa shape index (κ2) is 11.6. The van der Waals surface area contributed by atoms with Gasteiger partial charge in [-0.1, -0.05) is 31.9 Å². The zero-order valence-corrected chi connectivity index (χ0v) is 19.1. The fourth-order valence-electron chi connectivity index (χ4n) is 3.89. The van der Waals surface area contributed by atoms with Crippen molar-refractivity contribution in [3.8, 4) is 5.75 Å². The van der Waals surface area contributed by atoms with Gasteiger partial charge in [0.1, 0.15) is 17.3 Å². The van der Waals surface area contributed by atoms with Crippen molar-refractivity contribution in [2.75, 3.05) is 26.9 Å². The van der Waals surface area contributed by atoms with Gasteiger partial charge in [-0.25, -0.2) is 4.39 Å². The van der Waals surface area contributed by atoms with Crippen molar-refractivity contribution < 1.29 is 28.6 Å². The average Bonchev–Trinajstić information content (AvgIpc) is 3.07. The summed E-state index contributed by atoms with van der Waals surface area (Å²) in [5.41, 5.74) is 0.934. The van der Waals surface area contributed by atoms with E-state index < -0.39 is 23.5 Å². The number of carbonyl (C=O) groups excluding carboxylic acids is 2. The molecule has 1 heterocycles. The van der Waals surface area contributed by atoms with E-state index in [2.05, 4.69) is 6.92 Å². The van der Waals surface area contributed by atoms with Crippen molar-refractivity contribution in [2.24, 2.45) is 0 Å². The molecule has 2 aromatic carbocycles. The van der Waals surface area contributed by atoms with E-state index in [-0.39, 0.29) is 17.9 Å². The van der Waals surface area contributed by atoms with Gasteiger partial charge in [0, 0.05) is 25.8 Å². The number of ether oxygens (including phenoxy) is 2. The first kappa shape index (κ1) is 24.5. The first-order chi connectivity index (χ1) is 16.0. The number of unbranched alkanes of at least 4 members (excludes halogenated alkanes) is 2. The smallest absolute Gasteiger partial charge is 0.295 e. The van der Waals surface area contributed by atoms with Gasteiger partial charge in [-0.15, -0.1) is 0 Å². The van der Waals surface area contributed by atoms with E-state index >= 15 is 0 Å². The minimum atomic E-state index is -0.813. The summed E-state index contributed by atoms with van der Waals surface area (Å²) in [6.07, 6.45) is 3.68. The first-order valence-electron chi connectivity index (χ1n) is 11.2. The van der Waals surface area contributed by atoms with Crippen molar-refractivity contribution in [1.82, 2.24) is 4.90 Å². The van der Waals surface area contributed by atoms with Crippen molar-refractivity contribution in [3.05, 3.63) is 71.0 Å². The zero-order chi connectivity index (χ0) is 23.8. The second-order valence-corrected chi connectivity index (χ2v) is 7.97. The number of aliphatic hydroxyl groups is 1. The van der Waals surface area contributed by atoms with E-state index in [4.69, 9.17) is 9.47 Å². The minimum Gasteiger partial charge on any atom is -0.507 e. The number of halogens is 1. The van der Waals surface area contributed by atoms with Gasteiger partial charge in [0.15, 0.2) is 0 Å². The summed E-state index contributed by atoms with van der Waals surface area (Å²) < 4.78 is 24.3. The standard InChI is InChI=1S/C26H30FNO5/c1-3-4-5-17-33-21-13-9-19(10-14-21)24(29)22-23(18-7-11-20(27)12-8-18)28(15-6-16-32-2)26(31)25(22)30/h7-14,23,29H,3-6,15-17H2,1-2H3/b24-22-. The molecule has 0 aliphatic carbocycles. The Kier molecular flexibility index (Phi) is 8.60. The summed E-state index contributed by atoms with van der Waals surface area (Å²) in [6, 6.07) is 11.5. The SMILES string of the molecule is CCCCCOc1ccc(/C(O)=C2/C(=O)C(=O)N(CCCOC)C2c2ccc(F)cc2)cc1. The molecule has 176 valence electrons. The second-order valence-electron chi connectivity index (χ2n) is 7.97. The number of likely N-dealkylation sites (tertiary alicyclic amines) is 1. The number of carbonyl (C=O) groups is 2. The lowest BCUT2D eigenvalue weighted by Crippen LogP contribution is -2.31. The van der Waals surface area contributed by atoms with Crippen LogP contribution in [0, 0.1) is 5.82 Å². The summed E-state index contributed by atoms with van der Waals surface area (Å²) in [6.45, 7) is 3.41. The number of aliphatic hydroxyl groups excluding tert-OH is 1. The molecule has 3 rings (SSSR count). The minimum absolute atomic E-state index is 0.0133. The van der Waals surface area contributed by atoms with E-state index in [1.807, 2.05) is 0 Å². The van der Waals surface area contributed by atoms with Crippen LogP contribution in [-0.4, -0.2) is 48.6 Å². The summed E-state index contributed by atoms with van der Waals surface area (Å²) in [5, 5.41) is 11.1. The van der Waals surface area contributed by atoms with Crippen LogP contribution in [0.4, 0.5) is 4.39 Å². The van der Waals surface area contributed by atoms with E-state index in [0.29, 0.717) is 36.5 Å². The van der Waals surface area contributed by atoms with Gasteiger partial charge in [-0.2, -0.15) is 0 Å². The highest BCUT2D eigenvalue weighted by Crippen LogP contribution is 2.39. The molecular weight excluding hydrogens is 425 g/mol. The van der Waals surface area contributed by atoms with Crippen LogP contribution in [0.15, 0.2) is 54.1 Å². The normalized spacial score (nSPS) is 17.5. The third-order valence-electron chi connectivity index (χ3n) is 5.62. The van der Waals surface area contributed by atoms with Crippen LogP contribution in [0.3, 0.4) is 0 Å². The third kappa shape index (κ3) is 5.79. The van der Waals surface area contributed by atoms with Crippen LogP contribution in [0.25, 0.3) is 5.76 Å². The van der Waals surface area contributed by atoms with Crippen LogP contribution >= 0.6 is 0 Å². The number of ketones is 1. The third-order valence-corrected chi connectivity index (χ3v) is 5.62. The molecule has 7 heteroatoms. The Bertz CT molecular complexity index is 985. The fourth-order valence-corrected chi connectivity index (χ4v) is 3.89. The van der Waals surface area contributed by atoms with E-state index in [1.54, 1.807) is 31.4 Å². The average molecular weight is 456 g/mol. The van der Waals surface area contributed by atoms with E-state index in [9.17, 15) is 19.1 Å². The summed E-state index contributed by atoms with van der Waals surface area (Å²) in [5.74, 6) is -1.49. The molecule has 1 amide bonds. The van der Waals surface area contributed by atoms with Gasteiger partial charge in [0.2, 0.25) is 0 Å². The van der Waals surface area contributed by atoms with Gasteiger partial charge in [-0.05, 0) is 54.8 Å². The molecule has 0 radical (unpaired) electrons. The number of methoxy groups -OCH3 is 1. The van der Waals surface area contributed by atoms with Crippen LogP contribution in [-0.2, 0) is 14.3 Å². The van der Waals surface area contributed by atoms with Crippen molar-refractivity contribution in [3.63, 3.8) is 0 Å². The van der Waals surface area contributed by atoms with E-state index in [1.165, 1.54) is 29.2 Å². The Labute approximate surface area is 193 Å². The molecular formula is C26H30FNO5. The molecule has 1 N–H and O–H groups in total. The zero-order valence-electron chi connectivity index (χ0n) is 19.1. The molecule has 1 aliphatic rings. The lowest BCUT2D eigenvalue weighted by atomic mass is 9.95. The molecule has 2 aromatic rings. The van der Waals surface area contributed by atoms with Gasteiger partial charge >= 0.3 is 0 Å². The predicted octanol–water partition coefficient (Wildman–Crippen LogP) is 4.85. The largest absolute Gasteiger partial charge is 0.507 e. The van der Waals surface area contributed by atoms with Crippen molar-refractivity contribution in [2.45, 2.75) is 38.6 Å². The molecule has 1 unspecified atom stereocenters. The number of nitrogens with zero attached hydrogens (tertiary/aromatic N) is 1. The van der Waals surface area contributed by atoms with E-state index in [0.717, 1.165) is 19.3 Å². The Morgan fingerprint density at radius 2 is 1.70 bits per heavy atom. The highest BCUT2D eigenvalue weighted by molar-refractivity contribution is 6.46. The van der Waals surface area contributed by atoms with Gasteiger partial charge < -0.3 is 19.5 Å². The first-order valence-corrected chi connectivity index (χ1v) is 11.2. The lowest BCUT2D eigenvalue weighted by molar-refractivity contribution is -0.140. The Morgan fingerprint density at radius 1 is 1.00 bits per heavy atom. The molecule has 0 bridgehead atoms. The molecule has 0 aromatic heterocycles. The Morgan fingerprint density at radius 3 is 2.33 bits per heavy atom. The maximum atomic E-state index is 13.5. The topological polar surface area (TPSA) is 76.1 Å². The van der Waals surface area contributed by atoms with Crippen molar-refractivity contribution in [1.29, 1.82) is 0 Å². The molecule has 1 atom stereocenters. The molecule has 33 heavy (non-hydrogen) atoms. The number of amides is 1. The molecule has 1 saturated heterocycles. The Balaban J connectivity index is 1.93. The van der Waals surface area contributed by atoms with Crippen molar-refractivity contribution >= 4 is 17.4 Å². The highest BCUT2D eigenvalue weighted by atomic mass is 19.1. The van der Waals surface area contributed by atoms with Crippen LogP contribution in [0.2, 0.25) is 0 Å². The molecule has 1 fully saturated rings. The van der Waals surface area contributed by atoms with Crippen LogP contribution in [0.5, 0.6) is 5.75 Å². The van der Waals surface area contributed by atoms with Crippen LogP contribution in [0.1, 0.15) is 49.8 Å². The highest BCUT2D eigenvalue weighted by Gasteiger charge is 2.45. The van der Waals surface area contributed by atoms with Crippen LogP contribution < -0.4 is 4.74 Å². The molecule has 6 nitrogen and oxygen atoms in total. The summed E-state index contributed by atoms with van der Waals surface area (Å²) >= 11 is 0. The molecule has 0 spiro atoms. The lowest BCUT2D eigenvalue weighted by Gasteiger charge is -2.25.